The van der Waals surface area contributed by atoms with Gasteiger partial charge in [0.1, 0.15) is 12.4 Å². The van der Waals surface area contributed by atoms with Crippen molar-refractivity contribution in [1.82, 2.24) is 4.98 Å². The summed E-state index contributed by atoms with van der Waals surface area (Å²) in [6.45, 7) is 0.391. The molecule has 3 aromatic rings. The Morgan fingerprint density at radius 1 is 1.10 bits per heavy atom. The summed E-state index contributed by atoms with van der Waals surface area (Å²) < 4.78 is 5.68. The van der Waals surface area contributed by atoms with Crippen LogP contribution in [0.25, 0.3) is 10.9 Å². The van der Waals surface area contributed by atoms with E-state index in [2.05, 4.69) is 11.1 Å². The molecule has 0 radical (unpaired) electrons. The minimum atomic E-state index is -0.224. The molecule has 0 saturated carbocycles. The number of aromatic nitrogens is 1. The highest BCUT2D eigenvalue weighted by Gasteiger charge is 2.08. The molecule has 2 N–H and O–H groups in total. The van der Waals surface area contributed by atoms with E-state index in [1.165, 1.54) is 0 Å². The fourth-order valence-corrected chi connectivity index (χ4v) is 2.23. The van der Waals surface area contributed by atoms with E-state index in [0.29, 0.717) is 11.6 Å². The highest BCUT2D eigenvalue weighted by Crippen LogP contribution is 2.19. The average Bonchev–Trinajstić information content (AvgIpc) is 2.53. The Balaban J connectivity index is 1.71. The molecule has 2 aromatic carbocycles. The molecule has 1 atom stereocenters. The Morgan fingerprint density at radius 3 is 2.67 bits per heavy atom. The Bertz CT molecular complexity index is 743. The van der Waals surface area contributed by atoms with Crippen molar-refractivity contribution in [3.8, 4) is 5.75 Å². The first-order valence-electron chi connectivity index (χ1n) is 6.71. The van der Waals surface area contributed by atoms with Crippen LogP contribution in [0.4, 0.5) is 0 Å². The van der Waals surface area contributed by atoms with Gasteiger partial charge >= 0.3 is 0 Å². The van der Waals surface area contributed by atoms with E-state index in [4.69, 9.17) is 22.1 Å². The molecule has 0 saturated heterocycles. The van der Waals surface area contributed by atoms with E-state index in [1.54, 1.807) is 18.3 Å². The topological polar surface area (TPSA) is 48.1 Å². The highest BCUT2D eigenvalue weighted by atomic mass is 35.5. The van der Waals surface area contributed by atoms with Crippen molar-refractivity contribution in [2.75, 3.05) is 6.61 Å². The number of rotatable bonds is 4. The van der Waals surface area contributed by atoms with Crippen molar-refractivity contribution >= 4 is 22.5 Å². The van der Waals surface area contributed by atoms with Crippen LogP contribution < -0.4 is 10.5 Å². The largest absolute Gasteiger partial charge is 0.492 e. The van der Waals surface area contributed by atoms with Crippen LogP contribution in [0.5, 0.6) is 5.75 Å². The van der Waals surface area contributed by atoms with Crippen LogP contribution in [-0.2, 0) is 0 Å². The average molecular weight is 299 g/mol. The summed E-state index contributed by atoms with van der Waals surface area (Å²) in [5.41, 5.74) is 8.10. The number of nitrogens with zero attached hydrogens (tertiary/aromatic N) is 1. The molecule has 106 valence electrons. The van der Waals surface area contributed by atoms with Gasteiger partial charge in [0, 0.05) is 16.6 Å². The summed E-state index contributed by atoms with van der Waals surface area (Å²) in [4.78, 5) is 4.42. The molecule has 0 aliphatic rings. The van der Waals surface area contributed by atoms with Crippen molar-refractivity contribution in [2.45, 2.75) is 6.04 Å². The third-order valence-corrected chi connectivity index (χ3v) is 3.53. The summed E-state index contributed by atoms with van der Waals surface area (Å²) in [7, 11) is 0. The third kappa shape index (κ3) is 3.32. The zero-order valence-corrected chi connectivity index (χ0v) is 12.1. The molecule has 3 nitrogen and oxygen atoms in total. The van der Waals surface area contributed by atoms with Gasteiger partial charge in [0.15, 0.2) is 0 Å². The Kier molecular flexibility index (Phi) is 4.04. The van der Waals surface area contributed by atoms with Gasteiger partial charge in [0.25, 0.3) is 0 Å². The lowest BCUT2D eigenvalue weighted by molar-refractivity contribution is 0.290. The summed E-state index contributed by atoms with van der Waals surface area (Å²) >= 11 is 5.84. The van der Waals surface area contributed by atoms with Crippen LogP contribution in [0.3, 0.4) is 0 Å². The second kappa shape index (κ2) is 6.12. The summed E-state index contributed by atoms with van der Waals surface area (Å²) in [6, 6.07) is 17.0. The molecule has 0 amide bonds. The first kappa shape index (κ1) is 13.9. The van der Waals surface area contributed by atoms with E-state index in [1.807, 2.05) is 36.4 Å². The van der Waals surface area contributed by atoms with E-state index < -0.39 is 0 Å². The molecule has 0 spiro atoms. The number of nitrogens with two attached hydrogens (primary N) is 1. The summed E-state index contributed by atoms with van der Waals surface area (Å²) in [6.07, 6.45) is 1.80. The number of pyridine rings is 1. The first-order chi connectivity index (χ1) is 10.2. The maximum atomic E-state index is 6.17. The number of hydrogen-bond donors (Lipinski definition) is 1. The predicted octanol–water partition coefficient (Wildman–Crippen LogP) is 3.97. The van der Waals surface area contributed by atoms with Gasteiger partial charge in [-0.2, -0.15) is 0 Å². The zero-order chi connectivity index (χ0) is 14.7. The number of halogens is 1. The van der Waals surface area contributed by atoms with Crippen molar-refractivity contribution in [2.24, 2.45) is 5.73 Å². The monoisotopic (exact) mass is 298 g/mol. The Labute approximate surface area is 128 Å². The van der Waals surface area contributed by atoms with Crippen LogP contribution in [-0.4, -0.2) is 11.6 Å². The lowest BCUT2D eigenvalue weighted by Crippen LogP contribution is -2.19. The minimum Gasteiger partial charge on any atom is -0.492 e. The molecule has 21 heavy (non-hydrogen) atoms. The molecule has 4 heteroatoms. The van der Waals surface area contributed by atoms with Gasteiger partial charge in [-0.1, -0.05) is 29.8 Å². The van der Waals surface area contributed by atoms with Gasteiger partial charge in [-0.25, -0.2) is 0 Å². The van der Waals surface area contributed by atoms with Crippen LogP contribution in [0.1, 0.15) is 11.6 Å². The predicted molar refractivity (Wildman–Crippen MR) is 85.6 cm³/mol. The third-order valence-electron chi connectivity index (χ3n) is 3.28. The smallest absolute Gasteiger partial charge is 0.119 e. The maximum Gasteiger partial charge on any atom is 0.119 e. The second-order valence-electron chi connectivity index (χ2n) is 4.83. The fourth-order valence-electron chi connectivity index (χ4n) is 2.10. The fraction of sp³-hybridized carbons (Fsp3) is 0.118. The van der Waals surface area contributed by atoms with Crippen molar-refractivity contribution in [3.05, 3.63) is 71.4 Å². The van der Waals surface area contributed by atoms with Gasteiger partial charge in [0.2, 0.25) is 0 Å². The van der Waals surface area contributed by atoms with E-state index >= 15 is 0 Å². The molecule has 1 heterocycles. The normalized spacial score (nSPS) is 12.3. The lowest BCUT2D eigenvalue weighted by Gasteiger charge is -2.14. The zero-order valence-electron chi connectivity index (χ0n) is 11.4. The number of benzene rings is 2. The van der Waals surface area contributed by atoms with Gasteiger partial charge in [-0.15, -0.1) is 0 Å². The molecular formula is C17H15ClN2O. The molecule has 0 bridgehead atoms. The van der Waals surface area contributed by atoms with E-state index in [0.717, 1.165) is 22.2 Å². The first-order valence-corrected chi connectivity index (χ1v) is 7.09. The quantitative estimate of drug-likeness (QED) is 0.793. The molecule has 0 aliphatic carbocycles. The molecule has 0 fully saturated rings. The summed E-state index contributed by atoms with van der Waals surface area (Å²) in [5, 5.41) is 1.77. The van der Waals surface area contributed by atoms with Gasteiger partial charge < -0.3 is 10.5 Å². The number of para-hydroxylation sites is 1. The van der Waals surface area contributed by atoms with Crippen LogP contribution >= 0.6 is 11.6 Å². The van der Waals surface area contributed by atoms with Crippen molar-refractivity contribution in [3.63, 3.8) is 0 Å². The number of fused-ring (bicyclic) bond motifs is 1. The molecule has 0 aliphatic heterocycles. The van der Waals surface area contributed by atoms with Crippen molar-refractivity contribution in [1.29, 1.82) is 0 Å². The van der Waals surface area contributed by atoms with Crippen molar-refractivity contribution < 1.29 is 4.74 Å². The van der Waals surface area contributed by atoms with E-state index in [-0.39, 0.29) is 6.04 Å². The molecule has 1 unspecified atom stereocenters. The van der Waals surface area contributed by atoms with Crippen LogP contribution in [0.2, 0.25) is 5.02 Å². The standard InChI is InChI=1S/C17H15ClN2O/c18-14-5-7-15(8-6-14)21-11-16(19)13-9-12-3-1-2-4-17(12)20-10-13/h1-10,16H,11,19H2. The lowest BCUT2D eigenvalue weighted by atomic mass is 10.1. The van der Waals surface area contributed by atoms with Gasteiger partial charge in [0.05, 0.1) is 11.6 Å². The summed E-state index contributed by atoms with van der Waals surface area (Å²) in [5.74, 6) is 0.753. The van der Waals surface area contributed by atoms with Crippen LogP contribution in [0.15, 0.2) is 60.8 Å². The number of ether oxygens (including phenoxy) is 1. The molecular weight excluding hydrogens is 284 g/mol. The van der Waals surface area contributed by atoms with Gasteiger partial charge in [-0.3, -0.25) is 4.98 Å². The van der Waals surface area contributed by atoms with Crippen LogP contribution in [0, 0.1) is 0 Å². The molecule has 1 aromatic heterocycles. The number of hydrogen-bond acceptors (Lipinski definition) is 3. The van der Waals surface area contributed by atoms with Gasteiger partial charge in [-0.05, 0) is 42.0 Å². The second-order valence-corrected chi connectivity index (χ2v) is 5.27. The highest BCUT2D eigenvalue weighted by molar-refractivity contribution is 6.30. The SMILES string of the molecule is NC(COc1ccc(Cl)cc1)c1cnc2ccccc2c1. The minimum absolute atomic E-state index is 0.224. The van der Waals surface area contributed by atoms with E-state index in [9.17, 15) is 0 Å². The Hall–Kier alpha value is -2.10. The molecule has 3 rings (SSSR count). The Morgan fingerprint density at radius 2 is 1.86 bits per heavy atom. The maximum absolute atomic E-state index is 6.17.